The lowest BCUT2D eigenvalue weighted by Gasteiger charge is -2.14. The molecule has 0 bridgehead atoms. The summed E-state index contributed by atoms with van der Waals surface area (Å²) in [7, 11) is -3.47. The molecule has 2 heterocycles. The molecule has 100 valence electrons. The molecule has 1 aromatic rings. The maximum Gasteiger partial charge on any atom is 0.242 e. The van der Waals surface area contributed by atoms with Crippen molar-refractivity contribution in [1.29, 1.82) is 0 Å². The molecule has 7 heteroatoms. The molecule has 0 aliphatic carbocycles. The van der Waals surface area contributed by atoms with Gasteiger partial charge in [0.05, 0.1) is 0 Å². The van der Waals surface area contributed by atoms with Gasteiger partial charge in [-0.25, -0.2) is 18.1 Å². The third-order valence-corrected chi connectivity index (χ3v) is 4.60. The molecular weight excluding hydrogens is 274 g/mol. The quantitative estimate of drug-likeness (QED) is 0.825. The Morgan fingerprint density at radius 3 is 2.67 bits per heavy atom. The smallest absolute Gasteiger partial charge is 0.242 e. The third kappa shape index (κ3) is 3.65. The van der Waals surface area contributed by atoms with Gasteiger partial charge in [0.15, 0.2) is 0 Å². The number of halogens is 1. The van der Waals surface area contributed by atoms with Gasteiger partial charge in [-0.1, -0.05) is 11.6 Å². The van der Waals surface area contributed by atoms with Crippen molar-refractivity contribution in [3.8, 4) is 0 Å². The first-order chi connectivity index (χ1) is 8.58. The fourth-order valence-corrected chi connectivity index (χ4v) is 3.03. The summed E-state index contributed by atoms with van der Waals surface area (Å²) in [5, 5.41) is 0.283. The van der Waals surface area contributed by atoms with Crippen molar-refractivity contribution in [3.63, 3.8) is 0 Å². The van der Waals surface area contributed by atoms with E-state index in [1.807, 2.05) is 0 Å². The van der Waals surface area contributed by atoms with E-state index in [0.717, 1.165) is 19.6 Å². The van der Waals surface area contributed by atoms with Crippen LogP contribution < -0.4 is 4.72 Å². The van der Waals surface area contributed by atoms with Gasteiger partial charge < -0.3 is 4.90 Å². The van der Waals surface area contributed by atoms with E-state index in [-0.39, 0.29) is 10.0 Å². The zero-order chi connectivity index (χ0) is 13.0. The molecule has 1 saturated heterocycles. The van der Waals surface area contributed by atoms with Gasteiger partial charge in [-0.15, -0.1) is 0 Å². The lowest BCUT2D eigenvalue weighted by atomic mass is 10.4. The summed E-state index contributed by atoms with van der Waals surface area (Å²) < 4.78 is 26.4. The van der Waals surface area contributed by atoms with Crippen molar-refractivity contribution < 1.29 is 8.42 Å². The predicted molar refractivity (Wildman–Crippen MR) is 70.1 cm³/mol. The monoisotopic (exact) mass is 289 g/mol. The Morgan fingerprint density at radius 1 is 1.33 bits per heavy atom. The van der Waals surface area contributed by atoms with Crippen molar-refractivity contribution in [1.82, 2.24) is 14.6 Å². The Morgan fingerprint density at radius 2 is 2.06 bits per heavy atom. The minimum absolute atomic E-state index is 0.147. The van der Waals surface area contributed by atoms with Crippen molar-refractivity contribution in [2.45, 2.75) is 17.7 Å². The molecule has 1 aromatic heterocycles. The lowest BCUT2D eigenvalue weighted by Crippen LogP contribution is -2.33. The fraction of sp³-hybridized carbons (Fsp3) is 0.545. The van der Waals surface area contributed by atoms with Crippen molar-refractivity contribution in [3.05, 3.63) is 23.5 Å². The number of nitrogens with one attached hydrogen (secondary N) is 1. The molecule has 1 aliphatic rings. The van der Waals surface area contributed by atoms with Gasteiger partial charge in [-0.05, 0) is 38.1 Å². The zero-order valence-corrected chi connectivity index (χ0v) is 11.5. The number of aromatic nitrogens is 1. The first-order valence-corrected chi connectivity index (χ1v) is 7.78. The molecule has 0 amide bonds. The molecule has 0 unspecified atom stereocenters. The summed E-state index contributed by atoms with van der Waals surface area (Å²) in [5.74, 6) is 0. The minimum Gasteiger partial charge on any atom is -0.302 e. The SMILES string of the molecule is O=S(=O)(NCCN1CCCC1)c1ccc(Cl)nc1. The molecule has 0 atom stereocenters. The topological polar surface area (TPSA) is 62.3 Å². The molecule has 0 radical (unpaired) electrons. The van der Waals surface area contributed by atoms with Crippen molar-refractivity contribution in [2.24, 2.45) is 0 Å². The Hall–Kier alpha value is -0.690. The summed E-state index contributed by atoms with van der Waals surface area (Å²) in [5.41, 5.74) is 0. The van der Waals surface area contributed by atoms with E-state index in [0.29, 0.717) is 6.54 Å². The van der Waals surface area contributed by atoms with E-state index in [1.165, 1.54) is 31.2 Å². The highest BCUT2D eigenvalue weighted by Gasteiger charge is 2.16. The second-order valence-electron chi connectivity index (χ2n) is 4.26. The van der Waals surface area contributed by atoms with Crippen molar-refractivity contribution in [2.75, 3.05) is 26.2 Å². The summed E-state index contributed by atoms with van der Waals surface area (Å²) in [6, 6.07) is 2.92. The Kier molecular flexibility index (Phi) is 4.55. The van der Waals surface area contributed by atoms with Crippen LogP contribution in [0.15, 0.2) is 23.2 Å². The fourth-order valence-electron chi connectivity index (χ4n) is 1.95. The second kappa shape index (κ2) is 5.97. The second-order valence-corrected chi connectivity index (χ2v) is 6.42. The standard InChI is InChI=1S/C11H16ClN3O2S/c12-11-4-3-10(9-13-11)18(16,17)14-5-8-15-6-1-2-7-15/h3-4,9,14H,1-2,5-8H2. The van der Waals surface area contributed by atoms with E-state index >= 15 is 0 Å². The van der Waals surface area contributed by atoms with Crippen LogP contribution in [0, 0.1) is 0 Å². The Labute approximate surface area is 112 Å². The average molecular weight is 290 g/mol. The van der Waals surface area contributed by atoms with E-state index in [1.54, 1.807) is 0 Å². The van der Waals surface area contributed by atoms with Gasteiger partial charge in [0, 0.05) is 19.3 Å². The Bertz CT molecular complexity index is 484. The number of rotatable bonds is 5. The Balaban J connectivity index is 1.88. The highest BCUT2D eigenvalue weighted by atomic mass is 35.5. The normalized spacial score (nSPS) is 17.2. The summed E-state index contributed by atoms with van der Waals surface area (Å²) >= 11 is 5.62. The van der Waals surface area contributed by atoms with E-state index in [9.17, 15) is 8.42 Å². The zero-order valence-electron chi connectivity index (χ0n) is 9.97. The molecule has 0 aromatic carbocycles. The maximum absolute atomic E-state index is 11.9. The largest absolute Gasteiger partial charge is 0.302 e. The molecule has 1 aliphatic heterocycles. The van der Waals surface area contributed by atoms with Crippen LogP contribution in [-0.4, -0.2) is 44.5 Å². The number of nitrogens with zero attached hydrogens (tertiary/aromatic N) is 2. The van der Waals surface area contributed by atoms with E-state index < -0.39 is 10.0 Å². The van der Waals surface area contributed by atoms with Gasteiger partial charge in [-0.3, -0.25) is 0 Å². The third-order valence-electron chi connectivity index (χ3n) is 2.93. The number of hydrogen-bond donors (Lipinski definition) is 1. The summed E-state index contributed by atoms with van der Waals surface area (Å²) in [4.78, 5) is 6.17. The van der Waals surface area contributed by atoms with Crippen LogP contribution in [0.2, 0.25) is 5.15 Å². The van der Waals surface area contributed by atoms with Gasteiger partial charge >= 0.3 is 0 Å². The number of hydrogen-bond acceptors (Lipinski definition) is 4. The predicted octanol–water partition coefficient (Wildman–Crippen LogP) is 1.11. The van der Waals surface area contributed by atoms with Gasteiger partial charge in [0.2, 0.25) is 10.0 Å². The van der Waals surface area contributed by atoms with Crippen LogP contribution in [0.1, 0.15) is 12.8 Å². The molecular formula is C11H16ClN3O2S. The molecule has 1 fully saturated rings. The number of likely N-dealkylation sites (tertiary alicyclic amines) is 1. The van der Waals surface area contributed by atoms with Gasteiger partial charge in [0.25, 0.3) is 0 Å². The van der Waals surface area contributed by atoms with Crippen LogP contribution in [0.4, 0.5) is 0 Å². The molecule has 0 spiro atoms. The highest BCUT2D eigenvalue weighted by molar-refractivity contribution is 7.89. The molecule has 0 saturated carbocycles. The van der Waals surface area contributed by atoms with E-state index in [2.05, 4.69) is 14.6 Å². The van der Waals surface area contributed by atoms with E-state index in [4.69, 9.17) is 11.6 Å². The molecule has 5 nitrogen and oxygen atoms in total. The first kappa shape index (κ1) is 13.7. The van der Waals surface area contributed by atoms with Crippen molar-refractivity contribution >= 4 is 21.6 Å². The maximum atomic E-state index is 11.9. The average Bonchev–Trinajstić information content (AvgIpc) is 2.82. The van der Waals surface area contributed by atoms with Crippen LogP contribution in [-0.2, 0) is 10.0 Å². The first-order valence-electron chi connectivity index (χ1n) is 5.91. The molecule has 1 N–H and O–H groups in total. The summed E-state index contributed by atoms with van der Waals surface area (Å²) in [6.45, 7) is 3.29. The minimum atomic E-state index is -3.47. The van der Waals surface area contributed by atoms with Crippen LogP contribution in [0.3, 0.4) is 0 Å². The van der Waals surface area contributed by atoms with Gasteiger partial charge in [0.1, 0.15) is 10.0 Å². The van der Waals surface area contributed by atoms with Gasteiger partial charge in [-0.2, -0.15) is 0 Å². The highest BCUT2D eigenvalue weighted by Crippen LogP contribution is 2.10. The number of pyridine rings is 1. The van der Waals surface area contributed by atoms with Crippen LogP contribution in [0.25, 0.3) is 0 Å². The summed E-state index contributed by atoms with van der Waals surface area (Å²) in [6.07, 6.45) is 3.67. The molecule has 2 rings (SSSR count). The number of sulfonamides is 1. The van der Waals surface area contributed by atoms with Crippen LogP contribution in [0.5, 0.6) is 0 Å². The molecule has 18 heavy (non-hydrogen) atoms. The van der Waals surface area contributed by atoms with Crippen LogP contribution >= 0.6 is 11.6 Å². The lowest BCUT2D eigenvalue weighted by molar-refractivity contribution is 0.344.